The number of aromatic carboxylic acids is 1. The Bertz CT molecular complexity index is 524. The van der Waals surface area contributed by atoms with Crippen molar-refractivity contribution >= 4 is 29.2 Å². The lowest BCUT2D eigenvalue weighted by molar-refractivity contribution is -0.120. The number of thiophene rings is 1. The maximum atomic E-state index is 11.2. The molecule has 0 aliphatic heterocycles. The number of primary amides is 1. The topological polar surface area (TPSA) is 119 Å². The van der Waals surface area contributed by atoms with E-state index < -0.39 is 17.9 Å². The lowest BCUT2D eigenvalue weighted by atomic mass is 10.2. The normalized spacial score (nSPS) is 10.3. The standard InChI is InChI=1S/C12H16N2O5S/c1-6(2)8-5-7(10(20-8)11(16)17)19-4-3-9(15)14-12(13)18/h5-6H,3-4H2,1-2H3,(H,16,17)(H3,13,14,15,18). The predicted molar refractivity (Wildman–Crippen MR) is 73.2 cm³/mol. The van der Waals surface area contributed by atoms with Gasteiger partial charge in [-0.05, 0) is 12.0 Å². The lowest BCUT2D eigenvalue weighted by Crippen LogP contribution is -2.35. The second-order valence-corrected chi connectivity index (χ2v) is 5.40. The molecular weight excluding hydrogens is 284 g/mol. The van der Waals surface area contributed by atoms with Crippen molar-refractivity contribution in [2.45, 2.75) is 26.2 Å². The van der Waals surface area contributed by atoms with Gasteiger partial charge in [0.15, 0.2) is 4.88 Å². The summed E-state index contributed by atoms with van der Waals surface area (Å²) in [5.74, 6) is -1.22. The fourth-order valence-corrected chi connectivity index (χ4v) is 2.33. The van der Waals surface area contributed by atoms with Gasteiger partial charge >= 0.3 is 12.0 Å². The van der Waals surface area contributed by atoms with E-state index in [1.807, 2.05) is 19.2 Å². The number of imide groups is 1. The van der Waals surface area contributed by atoms with Gasteiger partial charge in [0.2, 0.25) is 5.91 Å². The van der Waals surface area contributed by atoms with Gasteiger partial charge in [-0.3, -0.25) is 10.1 Å². The highest BCUT2D eigenvalue weighted by atomic mass is 32.1. The Labute approximate surface area is 119 Å². The fourth-order valence-electron chi connectivity index (χ4n) is 1.39. The highest BCUT2D eigenvalue weighted by Crippen LogP contribution is 2.33. The number of nitrogens with two attached hydrogens (primary N) is 1. The zero-order valence-electron chi connectivity index (χ0n) is 11.1. The van der Waals surface area contributed by atoms with E-state index in [-0.39, 0.29) is 29.6 Å². The van der Waals surface area contributed by atoms with Crippen LogP contribution in [-0.4, -0.2) is 29.6 Å². The van der Waals surface area contributed by atoms with Crippen LogP contribution in [0.3, 0.4) is 0 Å². The molecule has 0 aliphatic carbocycles. The Morgan fingerprint density at radius 2 is 2.10 bits per heavy atom. The SMILES string of the molecule is CC(C)c1cc(OCCC(=O)NC(N)=O)c(C(=O)O)s1. The van der Waals surface area contributed by atoms with E-state index in [1.165, 1.54) is 0 Å². The molecule has 0 fully saturated rings. The molecule has 0 radical (unpaired) electrons. The Balaban J connectivity index is 2.65. The van der Waals surface area contributed by atoms with Crippen molar-refractivity contribution in [3.05, 3.63) is 15.8 Å². The van der Waals surface area contributed by atoms with Crippen molar-refractivity contribution in [2.24, 2.45) is 5.73 Å². The maximum Gasteiger partial charge on any atom is 0.349 e. The molecule has 0 saturated carbocycles. The molecule has 1 heterocycles. The second-order valence-electron chi connectivity index (χ2n) is 4.31. The van der Waals surface area contributed by atoms with Gasteiger partial charge in [-0.15, -0.1) is 11.3 Å². The first-order valence-electron chi connectivity index (χ1n) is 5.90. The average Bonchev–Trinajstić information content (AvgIpc) is 2.72. The number of hydrogen-bond acceptors (Lipinski definition) is 5. The van der Waals surface area contributed by atoms with Crippen LogP contribution < -0.4 is 15.8 Å². The average molecular weight is 300 g/mol. The van der Waals surface area contributed by atoms with Gasteiger partial charge in [0, 0.05) is 4.88 Å². The minimum Gasteiger partial charge on any atom is -0.491 e. The first kappa shape index (κ1) is 16.0. The molecule has 7 nitrogen and oxygen atoms in total. The zero-order chi connectivity index (χ0) is 15.3. The summed E-state index contributed by atoms with van der Waals surface area (Å²) in [5.41, 5.74) is 4.79. The smallest absolute Gasteiger partial charge is 0.349 e. The molecular formula is C12H16N2O5S. The van der Waals surface area contributed by atoms with Crippen LogP contribution in [0.15, 0.2) is 6.07 Å². The van der Waals surface area contributed by atoms with Crippen LogP contribution in [0.1, 0.15) is 40.7 Å². The van der Waals surface area contributed by atoms with Crippen molar-refractivity contribution in [2.75, 3.05) is 6.61 Å². The number of carboxylic acid groups (broad SMARTS) is 1. The third-order valence-corrected chi connectivity index (χ3v) is 3.73. The first-order chi connectivity index (χ1) is 9.31. The molecule has 8 heteroatoms. The number of rotatable bonds is 6. The van der Waals surface area contributed by atoms with Crippen molar-refractivity contribution in [1.29, 1.82) is 0 Å². The molecule has 0 spiro atoms. The predicted octanol–water partition coefficient (Wildman–Crippen LogP) is 1.53. The number of carboxylic acids is 1. The molecule has 110 valence electrons. The molecule has 4 N–H and O–H groups in total. The number of hydrogen-bond donors (Lipinski definition) is 3. The van der Waals surface area contributed by atoms with Crippen molar-refractivity contribution in [3.8, 4) is 5.75 Å². The molecule has 0 aliphatic rings. The fraction of sp³-hybridized carbons (Fsp3) is 0.417. The highest BCUT2D eigenvalue weighted by Gasteiger charge is 2.18. The van der Waals surface area contributed by atoms with E-state index in [0.717, 1.165) is 16.2 Å². The van der Waals surface area contributed by atoms with Gasteiger partial charge < -0.3 is 15.6 Å². The number of amides is 3. The Morgan fingerprint density at radius 1 is 1.45 bits per heavy atom. The van der Waals surface area contributed by atoms with Crippen LogP contribution in [0, 0.1) is 0 Å². The Kier molecular flexibility index (Phi) is 5.51. The van der Waals surface area contributed by atoms with E-state index >= 15 is 0 Å². The van der Waals surface area contributed by atoms with Gasteiger partial charge in [-0.25, -0.2) is 9.59 Å². The molecule has 1 aromatic heterocycles. The highest BCUT2D eigenvalue weighted by molar-refractivity contribution is 7.14. The van der Waals surface area contributed by atoms with Gasteiger partial charge in [0.05, 0.1) is 13.0 Å². The van der Waals surface area contributed by atoms with E-state index in [4.69, 9.17) is 15.6 Å². The molecule has 0 unspecified atom stereocenters. The summed E-state index contributed by atoms with van der Waals surface area (Å²) in [7, 11) is 0. The van der Waals surface area contributed by atoms with E-state index in [0.29, 0.717) is 0 Å². The van der Waals surface area contributed by atoms with Crippen LogP contribution in [-0.2, 0) is 4.79 Å². The quantitative estimate of drug-likeness (QED) is 0.736. The van der Waals surface area contributed by atoms with Crippen LogP contribution >= 0.6 is 11.3 Å². The van der Waals surface area contributed by atoms with Gasteiger partial charge in [-0.1, -0.05) is 13.8 Å². The van der Waals surface area contributed by atoms with Gasteiger partial charge in [0.25, 0.3) is 0 Å². The van der Waals surface area contributed by atoms with Crippen molar-refractivity contribution in [1.82, 2.24) is 5.32 Å². The minimum absolute atomic E-state index is 0.0341. The lowest BCUT2D eigenvalue weighted by Gasteiger charge is -2.04. The minimum atomic E-state index is -1.07. The summed E-state index contributed by atoms with van der Waals surface area (Å²) in [4.78, 5) is 33.7. The number of carbonyl (C=O) groups excluding carboxylic acids is 2. The molecule has 3 amide bonds. The summed E-state index contributed by atoms with van der Waals surface area (Å²) in [6.45, 7) is 3.86. The van der Waals surface area contributed by atoms with Crippen LogP contribution in [0.5, 0.6) is 5.75 Å². The monoisotopic (exact) mass is 300 g/mol. The zero-order valence-corrected chi connectivity index (χ0v) is 12.0. The van der Waals surface area contributed by atoms with Crippen molar-refractivity contribution in [3.63, 3.8) is 0 Å². The first-order valence-corrected chi connectivity index (χ1v) is 6.72. The number of nitrogens with one attached hydrogen (secondary N) is 1. The summed E-state index contributed by atoms with van der Waals surface area (Å²) in [5, 5.41) is 11.0. The third-order valence-electron chi connectivity index (χ3n) is 2.33. The maximum absolute atomic E-state index is 11.2. The van der Waals surface area contributed by atoms with Crippen LogP contribution in [0.2, 0.25) is 0 Å². The summed E-state index contributed by atoms with van der Waals surface area (Å²) >= 11 is 1.15. The largest absolute Gasteiger partial charge is 0.491 e. The molecule has 0 atom stereocenters. The Hall–Kier alpha value is -2.09. The van der Waals surface area contributed by atoms with Crippen LogP contribution in [0.25, 0.3) is 0 Å². The van der Waals surface area contributed by atoms with Crippen molar-refractivity contribution < 1.29 is 24.2 Å². The Morgan fingerprint density at radius 3 is 2.60 bits per heavy atom. The molecule has 0 saturated heterocycles. The molecule has 1 aromatic rings. The summed E-state index contributed by atoms with van der Waals surface area (Å²) < 4.78 is 5.30. The molecule has 20 heavy (non-hydrogen) atoms. The van der Waals surface area contributed by atoms with Gasteiger partial charge in [0.1, 0.15) is 5.75 Å². The second kappa shape index (κ2) is 6.90. The van der Waals surface area contributed by atoms with E-state index in [2.05, 4.69) is 0 Å². The van der Waals surface area contributed by atoms with E-state index in [9.17, 15) is 14.4 Å². The third kappa shape index (κ3) is 4.54. The number of carbonyl (C=O) groups is 3. The number of urea groups is 1. The van der Waals surface area contributed by atoms with E-state index in [1.54, 1.807) is 6.07 Å². The molecule has 0 aromatic carbocycles. The molecule has 1 rings (SSSR count). The number of ether oxygens (including phenoxy) is 1. The summed E-state index contributed by atoms with van der Waals surface area (Å²) in [6, 6.07) is 0.726. The van der Waals surface area contributed by atoms with Crippen LogP contribution in [0.4, 0.5) is 4.79 Å². The summed E-state index contributed by atoms with van der Waals surface area (Å²) in [6.07, 6.45) is -0.0884. The molecule has 0 bridgehead atoms. The van der Waals surface area contributed by atoms with Gasteiger partial charge in [-0.2, -0.15) is 0 Å².